The summed E-state index contributed by atoms with van der Waals surface area (Å²) in [5, 5.41) is 8.70. The molecule has 0 aliphatic carbocycles. The number of amides is 1. The quantitative estimate of drug-likeness (QED) is 0.847. The van der Waals surface area contributed by atoms with Crippen molar-refractivity contribution in [1.29, 1.82) is 0 Å². The van der Waals surface area contributed by atoms with E-state index < -0.39 is 0 Å². The van der Waals surface area contributed by atoms with Crippen LogP contribution in [0, 0.1) is 18.8 Å². The smallest absolute Gasteiger partial charge is 0.263 e. The Hall–Kier alpha value is -0.960. The Bertz CT molecular complexity index is 485. The van der Waals surface area contributed by atoms with Gasteiger partial charge in [-0.2, -0.15) is 11.8 Å². The Labute approximate surface area is 123 Å². The van der Waals surface area contributed by atoms with E-state index in [9.17, 15) is 4.79 Å². The molecule has 19 heavy (non-hydrogen) atoms. The predicted molar refractivity (Wildman–Crippen MR) is 83.0 cm³/mol. The van der Waals surface area contributed by atoms with Crippen LogP contribution in [0.15, 0.2) is 6.07 Å². The fourth-order valence-electron chi connectivity index (χ4n) is 1.43. The van der Waals surface area contributed by atoms with Crippen molar-refractivity contribution in [3.05, 3.63) is 21.4 Å². The van der Waals surface area contributed by atoms with Crippen molar-refractivity contribution >= 4 is 29.0 Å². The fraction of sp³-hybridized carbons (Fsp3) is 0.500. The van der Waals surface area contributed by atoms with Gasteiger partial charge in [0.2, 0.25) is 0 Å². The first kappa shape index (κ1) is 16.1. The third-order valence-electron chi connectivity index (χ3n) is 2.54. The number of rotatable bonds is 5. The Morgan fingerprint density at radius 2 is 2.32 bits per heavy atom. The summed E-state index contributed by atoms with van der Waals surface area (Å²) in [5.74, 6) is 6.89. The fourth-order valence-corrected chi connectivity index (χ4v) is 2.93. The Morgan fingerprint density at radius 3 is 2.95 bits per heavy atom. The van der Waals surface area contributed by atoms with E-state index >= 15 is 0 Å². The zero-order valence-corrected chi connectivity index (χ0v) is 13.2. The van der Waals surface area contributed by atoms with Gasteiger partial charge in [-0.1, -0.05) is 11.8 Å². The normalized spacial score (nSPS) is 9.89. The number of hydrogen-bond acceptors (Lipinski definition) is 4. The first-order valence-electron chi connectivity index (χ1n) is 6.04. The van der Waals surface area contributed by atoms with Crippen LogP contribution in [0.4, 0.5) is 0 Å². The molecule has 3 nitrogen and oxygen atoms in total. The standard InChI is InChI=1S/C14H19NO2S2/c1-11-10-13(14(17)15(2)7-9-18-3)19-12(11)6-4-5-8-16/h10,16H,5,7-9H2,1-3H3. The number of nitrogens with zero attached hydrogens (tertiary/aromatic N) is 1. The Morgan fingerprint density at radius 1 is 1.58 bits per heavy atom. The highest BCUT2D eigenvalue weighted by atomic mass is 32.2. The minimum atomic E-state index is 0.0531. The number of hydrogen-bond donors (Lipinski definition) is 1. The summed E-state index contributed by atoms with van der Waals surface area (Å²) in [6, 6.07) is 1.89. The van der Waals surface area contributed by atoms with Crippen molar-refractivity contribution in [1.82, 2.24) is 4.90 Å². The van der Waals surface area contributed by atoms with E-state index in [1.54, 1.807) is 16.7 Å². The van der Waals surface area contributed by atoms with Gasteiger partial charge in [0.25, 0.3) is 5.91 Å². The topological polar surface area (TPSA) is 40.5 Å². The first-order valence-corrected chi connectivity index (χ1v) is 8.25. The number of carbonyl (C=O) groups is 1. The average Bonchev–Trinajstić information content (AvgIpc) is 2.77. The van der Waals surface area contributed by atoms with E-state index in [0.717, 1.165) is 27.6 Å². The van der Waals surface area contributed by atoms with Crippen LogP contribution in [0.1, 0.15) is 26.5 Å². The average molecular weight is 297 g/mol. The second-order valence-electron chi connectivity index (χ2n) is 4.12. The number of thiophene rings is 1. The van der Waals surface area contributed by atoms with Gasteiger partial charge >= 0.3 is 0 Å². The number of aryl methyl sites for hydroxylation is 1. The molecule has 0 bridgehead atoms. The Balaban J connectivity index is 2.77. The molecule has 0 atom stereocenters. The zero-order valence-electron chi connectivity index (χ0n) is 11.5. The minimum Gasteiger partial charge on any atom is -0.395 e. The molecule has 0 saturated carbocycles. The molecular weight excluding hydrogens is 278 g/mol. The van der Waals surface area contributed by atoms with Gasteiger partial charge < -0.3 is 10.0 Å². The summed E-state index contributed by atoms with van der Waals surface area (Å²) in [5.41, 5.74) is 1.03. The highest BCUT2D eigenvalue weighted by Gasteiger charge is 2.15. The van der Waals surface area contributed by atoms with Crippen LogP contribution in [0.3, 0.4) is 0 Å². The molecule has 1 N–H and O–H groups in total. The zero-order chi connectivity index (χ0) is 14.3. The van der Waals surface area contributed by atoms with Crippen LogP contribution in [-0.4, -0.2) is 48.1 Å². The molecule has 0 spiro atoms. The van der Waals surface area contributed by atoms with Crippen molar-refractivity contribution in [2.45, 2.75) is 13.3 Å². The third kappa shape index (κ3) is 4.90. The van der Waals surface area contributed by atoms with Gasteiger partial charge in [-0.3, -0.25) is 4.79 Å². The molecule has 1 heterocycles. The maximum Gasteiger partial charge on any atom is 0.263 e. The molecule has 1 amide bonds. The van der Waals surface area contributed by atoms with Crippen LogP contribution >= 0.6 is 23.1 Å². The largest absolute Gasteiger partial charge is 0.395 e. The molecule has 0 aliphatic rings. The molecule has 0 aromatic carbocycles. The molecule has 104 valence electrons. The van der Waals surface area contributed by atoms with Crippen LogP contribution < -0.4 is 0 Å². The molecule has 0 aliphatic heterocycles. The summed E-state index contributed by atoms with van der Waals surface area (Å²) in [7, 11) is 1.82. The van der Waals surface area contributed by atoms with Crippen LogP contribution in [-0.2, 0) is 0 Å². The molecule has 5 heteroatoms. The van der Waals surface area contributed by atoms with Gasteiger partial charge in [0, 0.05) is 25.8 Å². The predicted octanol–water partition coefficient (Wildman–Crippen LogP) is 2.23. The van der Waals surface area contributed by atoms with E-state index in [2.05, 4.69) is 11.8 Å². The molecule has 0 fully saturated rings. The SMILES string of the molecule is CSCCN(C)C(=O)c1cc(C)c(C#CCCO)s1. The maximum absolute atomic E-state index is 12.2. The summed E-state index contributed by atoms with van der Waals surface area (Å²) >= 11 is 3.15. The highest BCUT2D eigenvalue weighted by molar-refractivity contribution is 7.98. The van der Waals surface area contributed by atoms with E-state index in [1.165, 1.54) is 11.3 Å². The highest BCUT2D eigenvalue weighted by Crippen LogP contribution is 2.22. The van der Waals surface area contributed by atoms with Crippen molar-refractivity contribution in [3.63, 3.8) is 0 Å². The second-order valence-corrected chi connectivity index (χ2v) is 6.16. The molecular formula is C14H19NO2S2. The van der Waals surface area contributed by atoms with Crippen LogP contribution in [0.25, 0.3) is 0 Å². The van der Waals surface area contributed by atoms with Gasteiger partial charge in [0.1, 0.15) is 0 Å². The van der Waals surface area contributed by atoms with E-state index in [-0.39, 0.29) is 12.5 Å². The van der Waals surface area contributed by atoms with Gasteiger partial charge in [-0.15, -0.1) is 11.3 Å². The van der Waals surface area contributed by atoms with Crippen molar-refractivity contribution in [3.8, 4) is 11.8 Å². The molecule has 0 unspecified atom stereocenters. The summed E-state index contributed by atoms with van der Waals surface area (Å²) in [6.07, 6.45) is 2.50. The lowest BCUT2D eigenvalue weighted by Gasteiger charge is -2.14. The number of aliphatic hydroxyl groups excluding tert-OH is 1. The van der Waals surface area contributed by atoms with Gasteiger partial charge in [0.15, 0.2) is 0 Å². The lowest BCUT2D eigenvalue weighted by Crippen LogP contribution is -2.28. The number of thioether (sulfide) groups is 1. The van der Waals surface area contributed by atoms with Crippen LogP contribution in [0.5, 0.6) is 0 Å². The lowest BCUT2D eigenvalue weighted by molar-refractivity contribution is 0.0808. The molecule has 1 aromatic heterocycles. The van der Waals surface area contributed by atoms with Gasteiger partial charge in [0.05, 0.1) is 16.4 Å². The monoisotopic (exact) mass is 297 g/mol. The first-order chi connectivity index (χ1) is 9.10. The molecule has 1 rings (SSSR count). The van der Waals surface area contributed by atoms with Gasteiger partial charge in [-0.05, 0) is 24.8 Å². The summed E-state index contributed by atoms with van der Waals surface area (Å²) in [4.78, 5) is 15.6. The van der Waals surface area contributed by atoms with E-state index in [1.807, 2.05) is 26.3 Å². The van der Waals surface area contributed by atoms with Crippen molar-refractivity contribution < 1.29 is 9.90 Å². The van der Waals surface area contributed by atoms with E-state index in [4.69, 9.17) is 5.11 Å². The molecule has 1 aromatic rings. The number of carbonyl (C=O) groups excluding carboxylic acids is 1. The van der Waals surface area contributed by atoms with Crippen molar-refractivity contribution in [2.75, 3.05) is 32.2 Å². The maximum atomic E-state index is 12.2. The Kier molecular flexibility index (Phi) is 7.00. The minimum absolute atomic E-state index is 0.0531. The molecule has 0 radical (unpaired) electrons. The van der Waals surface area contributed by atoms with Crippen molar-refractivity contribution in [2.24, 2.45) is 0 Å². The summed E-state index contributed by atoms with van der Waals surface area (Å²) in [6.45, 7) is 2.78. The van der Waals surface area contributed by atoms with Gasteiger partial charge in [-0.25, -0.2) is 0 Å². The molecule has 0 saturated heterocycles. The summed E-state index contributed by atoms with van der Waals surface area (Å²) < 4.78 is 0. The van der Waals surface area contributed by atoms with Crippen LogP contribution in [0.2, 0.25) is 0 Å². The third-order valence-corrected chi connectivity index (χ3v) is 4.28. The lowest BCUT2D eigenvalue weighted by atomic mass is 10.2. The second kappa shape index (κ2) is 8.26. The van der Waals surface area contributed by atoms with E-state index in [0.29, 0.717) is 6.42 Å². The number of aliphatic hydroxyl groups is 1.